The summed E-state index contributed by atoms with van der Waals surface area (Å²) in [6.45, 7) is 4.62. The van der Waals surface area contributed by atoms with Gasteiger partial charge in [-0.15, -0.1) is 0 Å². The first-order valence-electron chi connectivity index (χ1n) is 7.64. The maximum Gasteiger partial charge on any atom is 0.319 e. The molecule has 122 valence electrons. The van der Waals surface area contributed by atoms with Gasteiger partial charge in [0.2, 0.25) is 11.7 Å². The van der Waals surface area contributed by atoms with Crippen LogP contribution in [0.2, 0.25) is 0 Å². The van der Waals surface area contributed by atoms with Crippen LogP contribution in [0.15, 0.2) is 28.8 Å². The van der Waals surface area contributed by atoms with E-state index in [-0.39, 0.29) is 10.8 Å². The zero-order valence-corrected chi connectivity index (χ0v) is 14.1. The SMILES string of the molecule is Cc1nc(-c2cccc(NC(=O)NC[C@]3(C)CCCS3)c2)no1. The molecule has 2 aromatic rings. The number of urea groups is 1. The van der Waals surface area contributed by atoms with E-state index in [9.17, 15) is 4.79 Å². The summed E-state index contributed by atoms with van der Waals surface area (Å²) >= 11 is 1.93. The molecule has 23 heavy (non-hydrogen) atoms. The van der Waals surface area contributed by atoms with Crippen molar-refractivity contribution >= 4 is 23.5 Å². The molecule has 1 saturated heterocycles. The fourth-order valence-electron chi connectivity index (χ4n) is 2.57. The van der Waals surface area contributed by atoms with Gasteiger partial charge in [0.15, 0.2) is 0 Å². The molecule has 2 heterocycles. The van der Waals surface area contributed by atoms with Gasteiger partial charge in [0.25, 0.3) is 0 Å². The van der Waals surface area contributed by atoms with Crippen LogP contribution in [-0.2, 0) is 0 Å². The molecule has 6 nitrogen and oxygen atoms in total. The van der Waals surface area contributed by atoms with Crippen LogP contribution >= 0.6 is 11.8 Å². The average molecular weight is 332 g/mol. The Labute approximate surface area is 139 Å². The van der Waals surface area contributed by atoms with E-state index in [4.69, 9.17) is 4.52 Å². The van der Waals surface area contributed by atoms with Gasteiger partial charge < -0.3 is 15.2 Å². The maximum atomic E-state index is 12.1. The number of amides is 2. The number of nitrogens with one attached hydrogen (secondary N) is 2. The first-order valence-corrected chi connectivity index (χ1v) is 8.62. The highest BCUT2D eigenvalue weighted by atomic mass is 32.2. The Kier molecular flexibility index (Phi) is 4.56. The Morgan fingerprint density at radius 3 is 3.04 bits per heavy atom. The smallest absolute Gasteiger partial charge is 0.319 e. The van der Waals surface area contributed by atoms with Crippen molar-refractivity contribution in [3.8, 4) is 11.4 Å². The number of hydrogen-bond acceptors (Lipinski definition) is 5. The number of thioether (sulfide) groups is 1. The third-order valence-corrected chi connectivity index (χ3v) is 5.37. The van der Waals surface area contributed by atoms with Crippen LogP contribution in [0, 0.1) is 6.92 Å². The molecule has 0 aliphatic carbocycles. The van der Waals surface area contributed by atoms with Crippen molar-refractivity contribution in [2.75, 3.05) is 17.6 Å². The molecule has 0 spiro atoms. The van der Waals surface area contributed by atoms with Crippen LogP contribution in [0.25, 0.3) is 11.4 Å². The number of hydrogen-bond donors (Lipinski definition) is 2. The minimum Gasteiger partial charge on any atom is -0.339 e. The number of aromatic nitrogens is 2. The zero-order chi connectivity index (χ0) is 16.3. The Morgan fingerprint density at radius 1 is 1.48 bits per heavy atom. The second-order valence-corrected chi connectivity index (χ2v) is 7.61. The lowest BCUT2D eigenvalue weighted by Gasteiger charge is -2.22. The summed E-state index contributed by atoms with van der Waals surface area (Å²) in [7, 11) is 0. The van der Waals surface area contributed by atoms with Crippen molar-refractivity contribution in [3.63, 3.8) is 0 Å². The first-order chi connectivity index (χ1) is 11.0. The lowest BCUT2D eigenvalue weighted by Crippen LogP contribution is -2.39. The molecule has 2 N–H and O–H groups in total. The molecule has 1 atom stereocenters. The van der Waals surface area contributed by atoms with E-state index in [1.807, 2.05) is 36.0 Å². The molecule has 3 rings (SSSR count). The van der Waals surface area contributed by atoms with Crippen molar-refractivity contribution in [1.29, 1.82) is 0 Å². The van der Waals surface area contributed by atoms with Crippen molar-refractivity contribution < 1.29 is 9.32 Å². The molecule has 0 saturated carbocycles. The molecule has 0 radical (unpaired) electrons. The summed E-state index contributed by atoms with van der Waals surface area (Å²) in [6, 6.07) is 7.20. The van der Waals surface area contributed by atoms with Crippen LogP contribution in [0.5, 0.6) is 0 Å². The van der Waals surface area contributed by atoms with E-state index in [2.05, 4.69) is 27.7 Å². The third-order valence-electron chi connectivity index (χ3n) is 3.83. The summed E-state index contributed by atoms with van der Waals surface area (Å²) in [4.78, 5) is 16.3. The summed E-state index contributed by atoms with van der Waals surface area (Å²) < 4.78 is 5.14. The molecule has 1 fully saturated rings. The number of rotatable bonds is 4. The summed E-state index contributed by atoms with van der Waals surface area (Å²) in [5.41, 5.74) is 1.50. The van der Waals surface area contributed by atoms with Gasteiger partial charge in [-0.2, -0.15) is 16.7 Å². The van der Waals surface area contributed by atoms with Gasteiger partial charge in [-0.25, -0.2) is 4.79 Å². The Morgan fingerprint density at radius 2 is 2.35 bits per heavy atom. The number of aryl methyl sites for hydroxylation is 1. The fraction of sp³-hybridized carbons (Fsp3) is 0.438. The van der Waals surface area contributed by atoms with Crippen LogP contribution in [-0.4, -0.2) is 33.2 Å². The van der Waals surface area contributed by atoms with Crippen LogP contribution in [0.1, 0.15) is 25.7 Å². The topological polar surface area (TPSA) is 80.0 Å². The standard InChI is InChI=1S/C16H20N4O2S/c1-11-18-14(20-22-11)12-5-3-6-13(9-12)19-15(21)17-10-16(2)7-4-8-23-16/h3,5-6,9H,4,7-8,10H2,1-2H3,(H2,17,19,21)/t16-/m0/s1. The minimum absolute atomic E-state index is 0.154. The van der Waals surface area contributed by atoms with E-state index >= 15 is 0 Å². The van der Waals surface area contributed by atoms with E-state index in [1.54, 1.807) is 6.92 Å². The highest BCUT2D eigenvalue weighted by molar-refractivity contribution is 8.00. The largest absolute Gasteiger partial charge is 0.339 e. The summed E-state index contributed by atoms with van der Waals surface area (Å²) in [5.74, 6) is 2.20. The van der Waals surface area contributed by atoms with Gasteiger partial charge in [0.05, 0.1) is 0 Å². The third kappa shape index (κ3) is 4.04. The molecule has 0 unspecified atom stereocenters. The zero-order valence-electron chi connectivity index (χ0n) is 13.3. The number of carbonyl (C=O) groups is 1. The van der Waals surface area contributed by atoms with Crippen molar-refractivity contribution in [2.45, 2.75) is 31.4 Å². The Hall–Kier alpha value is -2.02. The van der Waals surface area contributed by atoms with Crippen LogP contribution < -0.4 is 10.6 Å². The van der Waals surface area contributed by atoms with Gasteiger partial charge in [0.1, 0.15) is 0 Å². The predicted molar refractivity (Wildman–Crippen MR) is 91.6 cm³/mol. The molecular formula is C16H20N4O2S. The second-order valence-electron chi connectivity index (χ2n) is 5.93. The van der Waals surface area contributed by atoms with Gasteiger partial charge >= 0.3 is 6.03 Å². The minimum atomic E-state index is -0.194. The Balaban J connectivity index is 1.60. The van der Waals surface area contributed by atoms with E-state index in [1.165, 1.54) is 12.2 Å². The van der Waals surface area contributed by atoms with Crippen LogP contribution in [0.4, 0.5) is 10.5 Å². The highest BCUT2D eigenvalue weighted by Crippen LogP contribution is 2.36. The molecule has 1 aromatic carbocycles. The normalized spacial score (nSPS) is 20.4. The van der Waals surface area contributed by atoms with E-state index in [0.29, 0.717) is 23.9 Å². The van der Waals surface area contributed by atoms with Crippen molar-refractivity contribution in [3.05, 3.63) is 30.2 Å². The quantitative estimate of drug-likeness (QED) is 0.896. The average Bonchev–Trinajstić information content (AvgIpc) is 3.15. The van der Waals surface area contributed by atoms with Gasteiger partial charge in [0, 0.05) is 29.5 Å². The van der Waals surface area contributed by atoms with Gasteiger partial charge in [-0.3, -0.25) is 0 Å². The lowest BCUT2D eigenvalue weighted by atomic mass is 10.1. The number of anilines is 1. The number of carbonyl (C=O) groups excluding carboxylic acids is 1. The number of benzene rings is 1. The second kappa shape index (κ2) is 6.62. The van der Waals surface area contributed by atoms with Gasteiger partial charge in [-0.1, -0.05) is 17.3 Å². The number of nitrogens with zero attached hydrogens (tertiary/aromatic N) is 2. The van der Waals surface area contributed by atoms with E-state index < -0.39 is 0 Å². The molecule has 1 aliphatic heterocycles. The monoisotopic (exact) mass is 332 g/mol. The first kappa shape index (κ1) is 15.9. The molecule has 2 amide bonds. The highest BCUT2D eigenvalue weighted by Gasteiger charge is 2.29. The fourth-order valence-corrected chi connectivity index (χ4v) is 3.82. The van der Waals surface area contributed by atoms with Gasteiger partial charge in [-0.05, 0) is 37.7 Å². The predicted octanol–water partition coefficient (Wildman–Crippen LogP) is 3.45. The van der Waals surface area contributed by atoms with E-state index in [0.717, 1.165) is 12.0 Å². The lowest BCUT2D eigenvalue weighted by molar-refractivity contribution is 0.251. The molecule has 1 aromatic heterocycles. The Bertz CT molecular complexity index is 695. The molecule has 7 heteroatoms. The molecule has 0 bridgehead atoms. The van der Waals surface area contributed by atoms with Crippen LogP contribution in [0.3, 0.4) is 0 Å². The van der Waals surface area contributed by atoms with Crippen molar-refractivity contribution in [2.24, 2.45) is 0 Å². The summed E-state index contributed by atoms with van der Waals surface area (Å²) in [5, 5.41) is 9.70. The summed E-state index contributed by atoms with van der Waals surface area (Å²) in [6.07, 6.45) is 2.36. The van der Waals surface area contributed by atoms with Crippen molar-refractivity contribution in [1.82, 2.24) is 15.5 Å². The maximum absolute atomic E-state index is 12.1. The molecular weight excluding hydrogens is 312 g/mol. The molecule has 1 aliphatic rings.